The van der Waals surface area contributed by atoms with Crippen molar-refractivity contribution in [1.29, 1.82) is 0 Å². The molecule has 1 unspecified atom stereocenters. The fraction of sp³-hybridized carbons (Fsp3) is 0.765. The molecule has 0 aliphatic carbocycles. The quantitative estimate of drug-likeness (QED) is 0.916. The number of nitrogens with zero attached hydrogens (tertiary/aromatic N) is 4. The second-order valence-corrected chi connectivity index (χ2v) is 6.82. The van der Waals surface area contributed by atoms with Crippen LogP contribution in [0.4, 0.5) is 5.82 Å². The van der Waals surface area contributed by atoms with Crippen molar-refractivity contribution < 1.29 is 4.79 Å². The van der Waals surface area contributed by atoms with E-state index in [1.165, 1.54) is 12.8 Å². The second-order valence-electron chi connectivity index (χ2n) is 6.82. The van der Waals surface area contributed by atoms with E-state index in [4.69, 9.17) is 0 Å². The van der Waals surface area contributed by atoms with Crippen molar-refractivity contribution in [2.24, 2.45) is 0 Å². The number of rotatable bonds is 4. The largest absolute Gasteiger partial charge is 0.353 e. The zero-order valence-electron chi connectivity index (χ0n) is 14.4. The van der Waals surface area contributed by atoms with Crippen LogP contribution in [0.1, 0.15) is 38.3 Å². The molecule has 6 heteroatoms. The van der Waals surface area contributed by atoms with Crippen molar-refractivity contribution in [2.75, 3.05) is 44.2 Å². The van der Waals surface area contributed by atoms with Crippen LogP contribution < -0.4 is 4.90 Å². The molecule has 1 amide bonds. The summed E-state index contributed by atoms with van der Waals surface area (Å²) >= 11 is 0. The van der Waals surface area contributed by atoms with Gasteiger partial charge in [0.25, 0.3) is 0 Å². The molecule has 0 aromatic carbocycles. The normalized spacial score (nSPS) is 23.3. The van der Waals surface area contributed by atoms with Crippen molar-refractivity contribution in [1.82, 2.24) is 20.0 Å². The van der Waals surface area contributed by atoms with Crippen molar-refractivity contribution in [3.8, 4) is 0 Å². The van der Waals surface area contributed by atoms with Gasteiger partial charge in [-0.15, -0.1) is 0 Å². The summed E-state index contributed by atoms with van der Waals surface area (Å²) in [5.74, 6) is 1.34. The Bertz CT molecular complexity index is 521. The van der Waals surface area contributed by atoms with Gasteiger partial charge in [0, 0.05) is 50.5 Å². The number of hydrogen-bond donors (Lipinski definition) is 1. The molecule has 1 aromatic heterocycles. The van der Waals surface area contributed by atoms with Crippen LogP contribution in [-0.2, 0) is 4.79 Å². The van der Waals surface area contributed by atoms with Crippen LogP contribution >= 0.6 is 0 Å². The minimum Gasteiger partial charge on any atom is -0.353 e. The van der Waals surface area contributed by atoms with Crippen molar-refractivity contribution in [3.05, 3.63) is 11.8 Å². The number of nitrogens with one attached hydrogen (secondary N) is 1. The summed E-state index contributed by atoms with van der Waals surface area (Å²) in [6, 6.07) is 2.55. The van der Waals surface area contributed by atoms with Crippen LogP contribution in [0.3, 0.4) is 0 Å². The molecular formula is C17H29N5O. The fourth-order valence-corrected chi connectivity index (χ4v) is 3.74. The zero-order valence-corrected chi connectivity index (χ0v) is 14.4. The molecule has 3 rings (SSSR count). The van der Waals surface area contributed by atoms with Crippen LogP contribution in [0.5, 0.6) is 0 Å². The van der Waals surface area contributed by atoms with Gasteiger partial charge in [-0.1, -0.05) is 6.92 Å². The Morgan fingerprint density at radius 3 is 2.70 bits per heavy atom. The monoisotopic (exact) mass is 319 g/mol. The Morgan fingerprint density at radius 2 is 2.04 bits per heavy atom. The lowest BCUT2D eigenvalue weighted by atomic mass is 10.00. The molecule has 2 saturated heterocycles. The number of piperazine rings is 1. The second kappa shape index (κ2) is 7.34. The van der Waals surface area contributed by atoms with Crippen molar-refractivity contribution in [2.45, 2.75) is 45.6 Å². The third kappa shape index (κ3) is 3.86. The minimum atomic E-state index is 0.320. The van der Waals surface area contributed by atoms with E-state index in [0.29, 0.717) is 18.5 Å². The first kappa shape index (κ1) is 16.3. The standard InChI is InChI=1S/C17H29N5O/c1-3-15-6-4-5-7-22(15)17(23)13-20-8-10-21(11-9-20)16-12-14(2)18-19-16/h12,15H,3-11,13H2,1-2H3,(H,18,19). The van der Waals surface area contributed by atoms with E-state index in [1.54, 1.807) is 0 Å². The molecule has 2 aliphatic rings. The van der Waals surface area contributed by atoms with Gasteiger partial charge in [-0.25, -0.2) is 0 Å². The van der Waals surface area contributed by atoms with Gasteiger partial charge in [0.05, 0.1) is 6.54 Å². The highest BCUT2D eigenvalue weighted by Crippen LogP contribution is 2.20. The molecule has 0 saturated carbocycles. The number of amides is 1. The van der Waals surface area contributed by atoms with Gasteiger partial charge in [0.15, 0.2) is 5.82 Å². The number of anilines is 1. The number of hydrogen-bond acceptors (Lipinski definition) is 4. The van der Waals surface area contributed by atoms with Gasteiger partial charge in [-0.3, -0.25) is 14.8 Å². The molecular weight excluding hydrogens is 290 g/mol. The molecule has 0 radical (unpaired) electrons. The average Bonchev–Trinajstić information content (AvgIpc) is 3.02. The topological polar surface area (TPSA) is 55.5 Å². The fourth-order valence-electron chi connectivity index (χ4n) is 3.74. The third-order valence-corrected chi connectivity index (χ3v) is 5.17. The summed E-state index contributed by atoms with van der Waals surface area (Å²) in [6.45, 7) is 9.48. The van der Waals surface area contributed by atoms with Crippen LogP contribution in [0.25, 0.3) is 0 Å². The molecule has 6 nitrogen and oxygen atoms in total. The first-order valence-corrected chi connectivity index (χ1v) is 8.96. The predicted molar refractivity (Wildman–Crippen MR) is 91.6 cm³/mol. The molecule has 23 heavy (non-hydrogen) atoms. The summed E-state index contributed by atoms with van der Waals surface area (Å²) in [4.78, 5) is 19.4. The lowest BCUT2D eigenvalue weighted by molar-refractivity contribution is -0.136. The smallest absolute Gasteiger partial charge is 0.236 e. The molecule has 1 aromatic rings. The highest BCUT2D eigenvalue weighted by molar-refractivity contribution is 5.78. The summed E-state index contributed by atoms with van der Waals surface area (Å²) in [5, 5.41) is 7.32. The number of H-pyrrole nitrogens is 1. The lowest BCUT2D eigenvalue weighted by Gasteiger charge is -2.39. The molecule has 2 fully saturated rings. The van der Waals surface area contributed by atoms with E-state index in [2.05, 4.69) is 37.9 Å². The number of aryl methyl sites for hydroxylation is 1. The van der Waals surface area contributed by atoms with Crippen molar-refractivity contribution in [3.63, 3.8) is 0 Å². The lowest BCUT2D eigenvalue weighted by Crippen LogP contribution is -2.52. The number of likely N-dealkylation sites (tertiary alicyclic amines) is 1. The maximum Gasteiger partial charge on any atom is 0.236 e. The number of aromatic nitrogens is 2. The molecule has 0 spiro atoms. The maximum atomic E-state index is 12.6. The molecule has 3 heterocycles. The molecule has 1 atom stereocenters. The molecule has 128 valence electrons. The molecule has 0 bridgehead atoms. The van der Waals surface area contributed by atoms with Crippen LogP contribution in [0.2, 0.25) is 0 Å². The van der Waals surface area contributed by atoms with Gasteiger partial charge >= 0.3 is 0 Å². The highest BCUT2D eigenvalue weighted by atomic mass is 16.2. The van der Waals surface area contributed by atoms with E-state index in [-0.39, 0.29) is 0 Å². The number of aromatic amines is 1. The first-order valence-electron chi connectivity index (χ1n) is 8.96. The SMILES string of the molecule is CCC1CCCCN1C(=O)CN1CCN(c2cc(C)[nH]n2)CC1. The molecule has 2 aliphatic heterocycles. The summed E-state index contributed by atoms with van der Waals surface area (Å²) in [5.41, 5.74) is 1.09. The number of carbonyl (C=O) groups is 1. The van der Waals surface area contributed by atoms with Gasteiger partial charge < -0.3 is 9.80 Å². The third-order valence-electron chi connectivity index (χ3n) is 5.17. The number of carbonyl (C=O) groups excluding carboxylic acids is 1. The Morgan fingerprint density at radius 1 is 1.26 bits per heavy atom. The molecule has 1 N–H and O–H groups in total. The van der Waals surface area contributed by atoms with Gasteiger partial charge in [-0.2, -0.15) is 5.10 Å². The van der Waals surface area contributed by atoms with Crippen LogP contribution in [0.15, 0.2) is 6.07 Å². The maximum absolute atomic E-state index is 12.6. The van der Waals surface area contributed by atoms with E-state index in [1.807, 2.05) is 6.92 Å². The Balaban J connectivity index is 1.49. The Hall–Kier alpha value is -1.56. The highest BCUT2D eigenvalue weighted by Gasteiger charge is 2.27. The van der Waals surface area contributed by atoms with E-state index < -0.39 is 0 Å². The predicted octanol–water partition coefficient (Wildman–Crippen LogP) is 1.63. The Labute approximate surface area is 138 Å². The summed E-state index contributed by atoms with van der Waals surface area (Å²) in [6.07, 6.45) is 4.69. The van der Waals surface area contributed by atoms with Gasteiger partial charge in [0.2, 0.25) is 5.91 Å². The summed E-state index contributed by atoms with van der Waals surface area (Å²) < 4.78 is 0. The van der Waals surface area contributed by atoms with Crippen molar-refractivity contribution >= 4 is 11.7 Å². The summed E-state index contributed by atoms with van der Waals surface area (Å²) in [7, 11) is 0. The van der Waals surface area contributed by atoms with Crippen LogP contribution in [0, 0.1) is 6.92 Å². The average molecular weight is 319 g/mol. The zero-order chi connectivity index (χ0) is 16.2. The van der Waals surface area contributed by atoms with Crippen LogP contribution in [-0.4, -0.2) is 71.2 Å². The Kier molecular flexibility index (Phi) is 5.20. The number of piperidine rings is 1. The minimum absolute atomic E-state index is 0.320. The first-order chi connectivity index (χ1) is 11.2. The van der Waals surface area contributed by atoms with E-state index in [0.717, 1.165) is 57.1 Å². The van der Waals surface area contributed by atoms with Gasteiger partial charge in [0.1, 0.15) is 0 Å². The van der Waals surface area contributed by atoms with Gasteiger partial charge in [-0.05, 0) is 32.6 Å². The van der Waals surface area contributed by atoms with E-state index >= 15 is 0 Å². The van der Waals surface area contributed by atoms with E-state index in [9.17, 15) is 4.79 Å².